The minimum atomic E-state index is -4.35. The van der Waals surface area contributed by atoms with Crippen molar-refractivity contribution in [3.8, 4) is 0 Å². The molecule has 1 rings (SSSR count). The third-order valence-corrected chi connectivity index (χ3v) is 2.07. The molecule has 0 aliphatic rings. The van der Waals surface area contributed by atoms with E-state index in [2.05, 4.69) is 0 Å². The molecular formula is C10H11F3O. The lowest BCUT2D eigenvalue weighted by Gasteiger charge is -2.16. The van der Waals surface area contributed by atoms with Gasteiger partial charge in [-0.1, -0.05) is 25.1 Å². The highest BCUT2D eigenvalue weighted by Crippen LogP contribution is 2.34. The minimum Gasteiger partial charge on any atom is -0.396 e. The number of aliphatic hydroxyl groups is 1. The molecule has 0 unspecified atom stereocenters. The maximum Gasteiger partial charge on any atom is 0.416 e. The summed E-state index contributed by atoms with van der Waals surface area (Å²) in [6.45, 7) is 1.28. The Hall–Kier alpha value is -1.03. The predicted molar refractivity (Wildman–Crippen MR) is 46.9 cm³/mol. The smallest absolute Gasteiger partial charge is 0.396 e. The van der Waals surface area contributed by atoms with Gasteiger partial charge in [-0.25, -0.2) is 0 Å². The molecule has 1 nitrogen and oxygen atoms in total. The van der Waals surface area contributed by atoms with E-state index >= 15 is 0 Å². The van der Waals surface area contributed by atoms with Crippen molar-refractivity contribution < 1.29 is 18.3 Å². The fraction of sp³-hybridized carbons (Fsp3) is 0.400. The lowest BCUT2D eigenvalue weighted by atomic mass is 9.96. The maximum absolute atomic E-state index is 12.5. The standard InChI is InChI=1S/C10H11F3O/c1-7(6-14)8-4-2-3-5-9(8)10(11,12)13/h2-5,7,14H,6H2,1H3/t7-/m1/s1. The summed E-state index contributed by atoms with van der Waals surface area (Å²) >= 11 is 0. The van der Waals surface area contributed by atoms with E-state index in [9.17, 15) is 13.2 Å². The van der Waals surface area contributed by atoms with Crippen LogP contribution in [-0.4, -0.2) is 11.7 Å². The molecule has 0 saturated carbocycles. The lowest BCUT2D eigenvalue weighted by molar-refractivity contribution is -0.138. The Bertz CT molecular complexity index is 306. The fourth-order valence-electron chi connectivity index (χ4n) is 1.28. The molecule has 0 radical (unpaired) electrons. The molecule has 0 bridgehead atoms. The average molecular weight is 204 g/mol. The summed E-state index contributed by atoms with van der Waals surface area (Å²) in [5.41, 5.74) is -0.524. The molecule has 0 aliphatic heterocycles. The van der Waals surface area contributed by atoms with Crippen LogP contribution in [0.1, 0.15) is 24.0 Å². The second-order valence-electron chi connectivity index (χ2n) is 3.17. The number of hydrogen-bond acceptors (Lipinski definition) is 1. The second kappa shape index (κ2) is 4.00. The van der Waals surface area contributed by atoms with Crippen molar-refractivity contribution in [1.82, 2.24) is 0 Å². The van der Waals surface area contributed by atoms with Crippen LogP contribution >= 0.6 is 0 Å². The molecule has 0 heterocycles. The quantitative estimate of drug-likeness (QED) is 0.785. The first kappa shape index (κ1) is 11.0. The summed E-state index contributed by atoms with van der Waals surface area (Å²) < 4.78 is 37.4. The Kier molecular flexibility index (Phi) is 3.16. The molecule has 1 aromatic carbocycles. The van der Waals surface area contributed by atoms with Crippen LogP contribution in [0.2, 0.25) is 0 Å². The van der Waals surface area contributed by atoms with Crippen molar-refractivity contribution >= 4 is 0 Å². The second-order valence-corrected chi connectivity index (χ2v) is 3.17. The zero-order valence-corrected chi connectivity index (χ0v) is 7.67. The number of benzene rings is 1. The van der Waals surface area contributed by atoms with Crippen molar-refractivity contribution in [3.63, 3.8) is 0 Å². The highest BCUT2D eigenvalue weighted by atomic mass is 19.4. The summed E-state index contributed by atoms with van der Waals surface area (Å²) in [6.07, 6.45) is -4.35. The Morgan fingerprint density at radius 1 is 1.29 bits per heavy atom. The monoisotopic (exact) mass is 204 g/mol. The minimum absolute atomic E-state index is 0.141. The van der Waals surface area contributed by atoms with E-state index in [0.29, 0.717) is 0 Å². The van der Waals surface area contributed by atoms with Gasteiger partial charge in [-0.05, 0) is 11.6 Å². The topological polar surface area (TPSA) is 20.2 Å². The highest BCUT2D eigenvalue weighted by Gasteiger charge is 2.33. The van der Waals surface area contributed by atoms with Gasteiger partial charge >= 0.3 is 6.18 Å². The Balaban J connectivity index is 3.16. The van der Waals surface area contributed by atoms with Gasteiger partial charge in [-0.3, -0.25) is 0 Å². The van der Waals surface area contributed by atoms with Crippen molar-refractivity contribution in [2.45, 2.75) is 19.0 Å². The van der Waals surface area contributed by atoms with Gasteiger partial charge in [0.15, 0.2) is 0 Å². The molecule has 0 aromatic heterocycles. The zero-order valence-electron chi connectivity index (χ0n) is 7.67. The van der Waals surface area contributed by atoms with Crippen LogP contribution in [-0.2, 0) is 6.18 Å². The maximum atomic E-state index is 12.5. The zero-order chi connectivity index (χ0) is 10.8. The van der Waals surface area contributed by atoms with Gasteiger partial charge in [-0.15, -0.1) is 0 Å². The number of rotatable bonds is 2. The van der Waals surface area contributed by atoms with Crippen LogP contribution in [0.5, 0.6) is 0 Å². The van der Waals surface area contributed by atoms with Gasteiger partial charge in [-0.2, -0.15) is 13.2 Å². The van der Waals surface area contributed by atoms with Crippen LogP contribution in [0.15, 0.2) is 24.3 Å². The van der Waals surface area contributed by atoms with Crippen molar-refractivity contribution in [2.24, 2.45) is 0 Å². The average Bonchev–Trinajstić information content (AvgIpc) is 2.15. The largest absolute Gasteiger partial charge is 0.416 e. The first-order valence-corrected chi connectivity index (χ1v) is 4.23. The van der Waals surface area contributed by atoms with E-state index in [-0.39, 0.29) is 12.2 Å². The van der Waals surface area contributed by atoms with Crippen molar-refractivity contribution in [2.75, 3.05) is 6.61 Å². The summed E-state index contributed by atoms with van der Waals surface area (Å²) in [5, 5.41) is 8.81. The van der Waals surface area contributed by atoms with E-state index in [1.807, 2.05) is 0 Å². The van der Waals surface area contributed by atoms with Gasteiger partial charge in [0.25, 0.3) is 0 Å². The number of halogens is 3. The van der Waals surface area contributed by atoms with Crippen LogP contribution in [0, 0.1) is 0 Å². The molecule has 4 heteroatoms. The van der Waals surface area contributed by atoms with Gasteiger partial charge < -0.3 is 5.11 Å². The molecule has 14 heavy (non-hydrogen) atoms. The third-order valence-electron chi connectivity index (χ3n) is 2.07. The van der Waals surface area contributed by atoms with E-state index in [4.69, 9.17) is 5.11 Å². The molecule has 0 amide bonds. The predicted octanol–water partition coefficient (Wildman–Crippen LogP) is 2.80. The SMILES string of the molecule is C[C@H](CO)c1ccccc1C(F)(F)F. The third kappa shape index (κ3) is 2.26. The molecule has 1 atom stereocenters. The van der Waals surface area contributed by atoms with E-state index in [1.165, 1.54) is 18.2 Å². The summed E-state index contributed by atoms with van der Waals surface area (Å²) in [4.78, 5) is 0. The molecule has 78 valence electrons. The summed E-state index contributed by atoms with van der Waals surface area (Å²) in [5.74, 6) is -0.493. The Morgan fingerprint density at radius 2 is 1.86 bits per heavy atom. The Labute approximate surface area is 80.2 Å². The van der Waals surface area contributed by atoms with Gasteiger partial charge in [0.2, 0.25) is 0 Å². The van der Waals surface area contributed by atoms with E-state index in [0.717, 1.165) is 6.07 Å². The highest BCUT2D eigenvalue weighted by molar-refractivity contribution is 5.32. The van der Waals surface area contributed by atoms with Crippen molar-refractivity contribution in [1.29, 1.82) is 0 Å². The van der Waals surface area contributed by atoms with Gasteiger partial charge in [0.1, 0.15) is 0 Å². The van der Waals surface area contributed by atoms with Crippen LogP contribution < -0.4 is 0 Å². The molecule has 0 saturated heterocycles. The molecule has 1 N–H and O–H groups in total. The summed E-state index contributed by atoms with van der Waals surface area (Å²) in [6, 6.07) is 5.30. The van der Waals surface area contributed by atoms with Gasteiger partial charge in [0, 0.05) is 12.5 Å². The number of aliphatic hydroxyl groups excluding tert-OH is 1. The molecule has 0 aliphatic carbocycles. The van der Waals surface area contributed by atoms with E-state index in [1.54, 1.807) is 6.92 Å². The van der Waals surface area contributed by atoms with Crippen LogP contribution in [0.3, 0.4) is 0 Å². The van der Waals surface area contributed by atoms with Crippen LogP contribution in [0.4, 0.5) is 13.2 Å². The molecular weight excluding hydrogens is 193 g/mol. The first-order valence-electron chi connectivity index (χ1n) is 4.23. The normalized spacial score (nSPS) is 14.1. The molecule has 1 aromatic rings. The van der Waals surface area contributed by atoms with Crippen LogP contribution in [0.25, 0.3) is 0 Å². The fourth-order valence-corrected chi connectivity index (χ4v) is 1.28. The molecule has 0 fully saturated rings. The number of hydrogen-bond donors (Lipinski definition) is 1. The van der Waals surface area contributed by atoms with Gasteiger partial charge in [0.05, 0.1) is 5.56 Å². The van der Waals surface area contributed by atoms with Crippen molar-refractivity contribution in [3.05, 3.63) is 35.4 Å². The number of alkyl halides is 3. The summed E-state index contributed by atoms with van der Waals surface area (Å²) in [7, 11) is 0. The Morgan fingerprint density at radius 3 is 2.36 bits per heavy atom. The molecule has 0 spiro atoms. The first-order chi connectivity index (χ1) is 6.46. The van der Waals surface area contributed by atoms with E-state index < -0.39 is 17.7 Å². The lowest BCUT2D eigenvalue weighted by Crippen LogP contribution is -2.12.